The molecule has 0 spiro atoms. The molecule has 0 saturated carbocycles. The first-order chi connectivity index (χ1) is 4.31. The summed E-state index contributed by atoms with van der Waals surface area (Å²) in [5, 5.41) is 0. The monoisotopic (exact) mass is 122 g/mol. The molecule has 0 aromatic rings. The van der Waals surface area contributed by atoms with Gasteiger partial charge in [0, 0.05) is 0 Å². The van der Waals surface area contributed by atoms with E-state index in [4.69, 9.17) is 0 Å². The Kier molecular flexibility index (Phi) is 4.89. The van der Waals surface area contributed by atoms with Crippen LogP contribution in [0.15, 0.2) is 37.0 Å². The van der Waals surface area contributed by atoms with E-state index in [1.807, 2.05) is 13.0 Å². The Morgan fingerprint density at radius 1 is 1.56 bits per heavy atom. The molecule has 50 valence electrons. The van der Waals surface area contributed by atoms with Crippen molar-refractivity contribution in [2.75, 3.05) is 0 Å². The molecule has 0 aliphatic carbocycles. The molecular weight excluding hydrogens is 108 g/mol. The van der Waals surface area contributed by atoms with Crippen LogP contribution in [0.4, 0.5) is 0 Å². The summed E-state index contributed by atoms with van der Waals surface area (Å²) in [6.07, 6.45) is 8.11. The quantitative estimate of drug-likeness (QED) is 0.397. The molecule has 0 amide bonds. The predicted octanol–water partition coefficient (Wildman–Crippen LogP) is 3.08. The zero-order valence-electron chi connectivity index (χ0n) is 6.06. The van der Waals surface area contributed by atoms with Gasteiger partial charge in [-0.15, -0.1) is 0 Å². The van der Waals surface area contributed by atoms with Crippen LogP contribution in [0.5, 0.6) is 0 Å². The van der Waals surface area contributed by atoms with Crippen LogP contribution in [0.1, 0.15) is 19.8 Å². The van der Waals surface area contributed by atoms with Crippen molar-refractivity contribution in [2.24, 2.45) is 0 Å². The average molecular weight is 122 g/mol. The molecule has 0 bridgehead atoms. The van der Waals surface area contributed by atoms with Crippen molar-refractivity contribution < 1.29 is 0 Å². The Labute approximate surface area is 57.6 Å². The second-order valence-corrected chi connectivity index (χ2v) is 1.97. The molecule has 0 heteroatoms. The number of hydrogen-bond acceptors (Lipinski definition) is 0. The van der Waals surface area contributed by atoms with E-state index in [-0.39, 0.29) is 0 Å². The third-order valence-corrected chi connectivity index (χ3v) is 1.16. The van der Waals surface area contributed by atoms with Crippen molar-refractivity contribution >= 4 is 0 Å². The molecule has 0 N–H and O–H groups in total. The van der Waals surface area contributed by atoms with Crippen LogP contribution in [0.3, 0.4) is 0 Å². The van der Waals surface area contributed by atoms with E-state index in [0.29, 0.717) is 0 Å². The van der Waals surface area contributed by atoms with E-state index in [2.05, 4.69) is 25.3 Å². The van der Waals surface area contributed by atoms with E-state index in [1.54, 1.807) is 0 Å². The fourth-order valence-corrected chi connectivity index (χ4v) is 0.537. The minimum Gasteiger partial charge on any atom is -0.0988 e. The molecule has 9 heavy (non-hydrogen) atoms. The minimum absolute atomic E-state index is 1.04. The van der Waals surface area contributed by atoms with Crippen molar-refractivity contribution in [2.45, 2.75) is 19.8 Å². The van der Waals surface area contributed by atoms with E-state index in [9.17, 15) is 0 Å². The van der Waals surface area contributed by atoms with Crippen LogP contribution < -0.4 is 0 Å². The van der Waals surface area contributed by atoms with Crippen LogP contribution in [-0.4, -0.2) is 0 Å². The lowest BCUT2D eigenvalue weighted by molar-refractivity contribution is 1.01. The zero-order valence-corrected chi connectivity index (χ0v) is 6.06. The SMILES string of the molecule is C=CC(=C)CCC=CC. The van der Waals surface area contributed by atoms with Crippen molar-refractivity contribution in [3.05, 3.63) is 37.0 Å². The lowest BCUT2D eigenvalue weighted by atomic mass is 10.1. The fourth-order valence-electron chi connectivity index (χ4n) is 0.537. The van der Waals surface area contributed by atoms with Gasteiger partial charge in [-0.1, -0.05) is 37.0 Å². The third-order valence-electron chi connectivity index (χ3n) is 1.16. The van der Waals surface area contributed by atoms with Gasteiger partial charge in [0.1, 0.15) is 0 Å². The maximum atomic E-state index is 3.79. The van der Waals surface area contributed by atoms with Crippen LogP contribution >= 0.6 is 0 Å². The summed E-state index contributed by atoms with van der Waals surface area (Å²) in [7, 11) is 0. The summed E-state index contributed by atoms with van der Waals surface area (Å²) in [6, 6.07) is 0. The highest BCUT2D eigenvalue weighted by atomic mass is 13.9. The first kappa shape index (κ1) is 8.22. The van der Waals surface area contributed by atoms with E-state index < -0.39 is 0 Å². The van der Waals surface area contributed by atoms with Crippen molar-refractivity contribution in [3.8, 4) is 0 Å². The van der Waals surface area contributed by atoms with Gasteiger partial charge in [-0.2, -0.15) is 0 Å². The lowest BCUT2D eigenvalue weighted by Crippen LogP contribution is -1.71. The van der Waals surface area contributed by atoms with Gasteiger partial charge in [-0.3, -0.25) is 0 Å². The molecule has 0 aliphatic rings. The van der Waals surface area contributed by atoms with Crippen LogP contribution in [0.25, 0.3) is 0 Å². The summed E-state index contributed by atoms with van der Waals surface area (Å²) in [4.78, 5) is 0. The standard InChI is InChI=1S/C9H14/c1-4-6-7-8-9(3)5-2/h4-6H,2-3,7-8H2,1H3. The first-order valence-electron chi connectivity index (χ1n) is 3.22. The highest BCUT2D eigenvalue weighted by Crippen LogP contribution is 2.02. The van der Waals surface area contributed by atoms with Gasteiger partial charge in [-0.05, 0) is 19.8 Å². The van der Waals surface area contributed by atoms with Gasteiger partial charge in [0.05, 0.1) is 0 Å². The summed E-state index contributed by atoms with van der Waals surface area (Å²) in [5.74, 6) is 0. The van der Waals surface area contributed by atoms with Crippen LogP contribution in [0.2, 0.25) is 0 Å². The van der Waals surface area contributed by atoms with Gasteiger partial charge < -0.3 is 0 Å². The Balaban J connectivity index is 3.27. The number of hydrogen-bond donors (Lipinski definition) is 0. The van der Waals surface area contributed by atoms with Crippen molar-refractivity contribution in [3.63, 3.8) is 0 Å². The van der Waals surface area contributed by atoms with Gasteiger partial charge in [0.25, 0.3) is 0 Å². The molecule has 0 heterocycles. The topological polar surface area (TPSA) is 0 Å². The molecule has 0 fully saturated rings. The average Bonchev–Trinajstić information content (AvgIpc) is 1.89. The molecule has 0 aromatic carbocycles. The zero-order chi connectivity index (χ0) is 7.11. The molecule has 0 aliphatic heterocycles. The van der Waals surface area contributed by atoms with E-state index in [0.717, 1.165) is 18.4 Å². The maximum Gasteiger partial charge on any atom is -0.0250 e. The normalized spacial score (nSPS) is 9.89. The van der Waals surface area contributed by atoms with Crippen LogP contribution in [0, 0.1) is 0 Å². The maximum absolute atomic E-state index is 3.79. The molecule has 0 radical (unpaired) electrons. The molecule has 0 saturated heterocycles. The summed E-state index contributed by atoms with van der Waals surface area (Å²) < 4.78 is 0. The smallest absolute Gasteiger partial charge is 0.0250 e. The minimum atomic E-state index is 1.04. The largest absolute Gasteiger partial charge is 0.0988 e. The highest BCUT2D eigenvalue weighted by Gasteiger charge is 1.82. The number of rotatable bonds is 4. The van der Waals surface area contributed by atoms with Gasteiger partial charge in [0.15, 0.2) is 0 Å². The van der Waals surface area contributed by atoms with Crippen molar-refractivity contribution in [1.29, 1.82) is 0 Å². The predicted molar refractivity (Wildman–Crippen MR) is 43.4 cm³/mol. The van der Waals surface area contributed by atoms with Gasteiger partial charge in [-0.25, -0.2) is 0 Å². The fraction of sp³-hybridized carbons (Fsp3) is 0.333. The molecule has 0 aromatic heterocycles. The molecule has 0 rings (SSSR count). The lowest BCUT2D eigenvalue weighted by Gasteiger charge is -1.92. The van der Waals surface area contributed by atoms with E-state index >= 15 is 0 Å². The number of allylic oxidation sites excluding steroid dienone is 4. The summed E-state index contributed by atoms with van der Waals surface area (Å²) in [5.41, 5.74) is 1.12. The Morgan fingerprint density at radius 3 is 2.67 bits per heavy atom. The molecular formula is C9H14. The summed E-state index contributed by atoms with van der Waals surface area (Å²) in [6.45, 7) is 9.43. The molecule has 0 unspecified atom stereocenters. The summed E-state index contributed by atoms with van der Waals surface area (Å²) >= 11 is 0. The van der Waals surface area contributed by atoms with Crippen molar-refractivity contribution in [1.82, 2.24) is 0 Å². The Hall–Kier alpha value is -0.780. The second-order valence-electron chi connectivity index (χ2n) is 1.97. The van der Waals surface area contributed by atoms with Crippen LogP contribution in [-0.2, 0) is 0 Å². The molecule has 0 atom stereocenters. The first-order valence-corrected chi connectivity index (χ1v) is 3.22. The Morgan fingerprint density at radius 2 is 2.22 bits per heavy atom. The van der Waals surface area contributed by atoms with Gasteiger partial charge >= 0.3 is 0 Å². The third kappa shape index (κ3) is 5.09. The van der Waals surface area contributed by atoms with Gasteiger partial charge in [0.2, 0.25) is 0 Å². The van der Waals surface area contributed by atoms with E-state index in [1.165, 1.54) is 0 Å². The molecule has 0 nitrogen and oxygen atoms in total. The Bertz CT molecular complexity index is 118. The highest BCUT2D eigenvalue weighted by molar-refractivity contribution is 5.11. The second kappa shape index (κ2) is 5.36.